The first-order valence-electron chi connectivity index (χ1n) is 6.63. The summed E-state index contributed by atoms with van der Waals surface area (Å²) in [6, 6.07) is 0. The molecule has 0 fully saturated rings. The number of hydrogen-bond acceptors (Lipinski definition) is 4. The molecule has 0 radical (unpaired) electrons. The summed E-state index contributed by atoms with van der Waals surface area (Å²) in [5.74, 6) is -0.356. The van der Waals surface area contributed by atoms with Crippen molar-refractivity contribution in [1.82, 2.24) is 9.55 Å². The lowest BCUT2D eigenvalue weighted by molar-refractivity contribution is -0.118. The second kappa shape index (κ2) is 5.14. The first-order chi connectivity index (χ1) is 9.58. The van der Waals surface area contributed by atoms with Gasteiger partial charge in [-0.05, 0) is 43.5 Å². The summed E-state index contributed by atoms with van der Waals surface area (Å²) < 4.78 is 1.97. The van der Waals surface area contributed by atoms with E-state index in [1.54, 1.807) is 15.9 Å². The van der Waals surface area contributed by atoms with Gasteiger partial charge in [-0.25, -0.2) is 0 Å². The molecule has 1 aliphatic rings. The van der Waals surface area contributed by atoms with Crippen LogP contribution >= 0.6 is 23.6 Å². The topological polar surface area (TPSA) is 80.9 Å². The van der Waals surface area contributed by atoms with E-state index in [0.29, 0.717) is 17.7 Å². The lowest BCUT2D eigenvalue weighted by Crippen LogP contribution is -2.23. The molecule has 7 heteroatoms. The van der Waals surface area contributed by atoms with Gasteiger partial charge in [-0.3, -0.25) is 14.2 Å². The van der Waals surface area contributed by atoms with Crippen LogP contribution in [0.5, 0.6) is 0 Å². The molecule has 5 nitrogen and oxygen atoms in total. The number of thiophene rings is 1. The van der Waals surface area contributed by atoms with E-state index in [1.807, 2.05) is 0 Å². The van der Waals surface area contributed by atoms with Gasteiger partial charge in [0.2, 0.25) is 5.91 Å². The molecule has 20 heavy (non-hydrogen) atoms. The molecule has 2 aromatic heterocycles. The van der Waals surface area contributed by atoms with E-state index in [-0.39, 0.29) is 17.9 Å². The average molecular weight is 309 g/mol. The fourth-order valence-electron chi connectivity index (χ4n) is 2.72. The Labute approximate surface area is 124 Å². The molecule has 1 amide bonds. The molecule has 2 heterocycles. The SMILES string of the molecule is NC(=O)CCCn1c(=S)[nH]c2sc3c(c2c1=O)CCC3. The normalized spacial score (nSPS) is 13.8. The summed E-state index contributed by atoms with van der Waals surface area (Å²) >= 11 is 6.89. The van der Waals surface area contributed by atoms with Crippen LogP contribution in [-0.4, -0.2) is 15.5 Å². The van der Waals surface area contributed by atoms with Crippen molar-refractivity contribution >= 4 is 39.7 Å². The first kappa shape index (κ1) is 13.5. The summed E-state index contributed by atoms with van der Waals surface area (Å²) in [6.45, 7) is 0.428. The van der Waals surface area contributed by atoms with Crippen LogP contribution in [-0.2, 0) is 24.2 Å². The maximum atomic E-state index is 12.6. The largest absolute Gasteiger partial charge is 0.370 e. The Morgan fingerprint density at radius 1 is 1.45 bits per heavy atom. The van der Waals surface area contributed by atoms with Crippen LogP contribution in [0.25, 0.3) is 10.2 Å². The molecule has 0 saturated carbocycles. The van der Waals surface area contributed by atoms with Crippen LogP contribution in [0, 0.1) is 4.77 Å². The van der Waals surface area contributed by atoms with E-state index in [0.717, 1.165) is 29.5 Å². The van der Waals surface area contributed by atoms with Crippen LogP contribution < -0.4 is 11.3 Å². The molecule has 0 aliphatic heterocycles. The average Bonchev–Trinajstić information content (AvgIpc) is 2.92. The van der Waals surface area contributed by atoms with Gasteiger partial charge in [0.1, 0.15) is 4.83 Å². The lowest BCUT2D eigenvalue weighted by Gasteiger charge is -2.06. The zero-order chi connectivity index (χ0) is 14.3. The van der Waals surface area contributed by atoms with Gasteiger partial charge in [0.15, 0.2) is 4.77 Å². The highest BCUT2D eigenvalue weighted by molar-refractivity contribution is 7.71. The predicted octanol–water partition coefficient (Wildman–Crippen LogP) is 1.87. The number of H-pyrrole nitrogens is 1. The van der Waals surface area contributed by atoms with Gasteiger partial charge < -0.3 is 10.7 Å². The Hall–Kier alpha value is -1.47. The number of carbonyl (C=O) groups excluding carboxylic acids is 1. The van der Waals surface area contributed by atoms with Crippen molar-refractivity contribution in [1.29, 1.82) is 0 Å². The first-order valence-corrected chi connectivity index (χ1v) is 7.86. The number of hydrogen-bond donors (Lipinski definition) is 2. The van der Waals surface area contributed by atoms with Crippen molar-refractivity contribution in [2.75, 3.05) is 0 Å². The predicted molar refractivity (Wildman–Crippen MR) is 81.7 cm³/mol. The molecule has 0 saturated heterocycles. The minimum Gasteiger partial charge on any atom is -0.370 e. The minimum absolute atomic E-state index is 0.0346. The van der Waals surface area contributed by atoms with Gasteiger partial charge in [-0.1, -0.05) is 0 Å². The number of aromatic nitrogens is 2. The van der Waals surface area contributed by atoms with Crippen molar-refractivity contribution in [3.8, 4) is 0 Å². The molecule has 2 aromatic rings. The number of amides is 1. The molecule has 0 unspecified atom stereocenters. The van der Waals surface area contributed by atoms with E-state index in [2.05, 4.69) is 4.98 Å². The number of aryl methyl sites for hydroxylation is 2. The van der Waals surface area contributed by atoms with E-state index in [9.17, 15) is 9.59 Å². The Morgan fingerprint density at radius 3 is 3.00 bits per heavy atom. The number of fused-ring (bicyclic) bond motifs is 3. The van der Waals surface area contributed by atoms with E-state index in [4.69, 9.17) is 18.0 Å². The van der Waals surface area contributed by atoms with Crippen molar-refractivity contribution < 1.29 is 4.79 Å². The number of nitrogens with one attached hydrogen (secondary N) is 1. The molecule has 3 N–H and O–H groups in total. The molecule has 0 bridgehead atoms. The Kier molecular flexibility index (Phi) is 3.47. The van der Waals surface area contributed by atoms with Gasteiger partial charge in [-0.15, -0.1) is 11.3 Å². The number of primary amides is 1. The second-order valence-electron chi connectivity index (χ2n) is 5.02. The van der Waals surface area contributed by atoms with E-state index >= 15 is 0 Å². The van der Waals surface area contributed by atoms with Gasteiger partial charge >= 0.3 is 0 Å². The van der Waals surface area contributed by atoms with Crippen LogP contribution in [0.3, 0.4) is 0 Å². The van der Waals surface area contributed by atoms with Crippen molar-refractivity contribution in [2.24, 2.45) is 5.73 Å². The Balaban J connectivity index is 2.06. The zero-order valence-corrected chi connectivity index (χ0v) is 12.5. The third-order valence-electron chi connectivity index (χ3n) is 3.65. The maximum absolute atomic E-state index is 12.6. The van der Waals surface area contributed by atoms with Crippen LogP contribution in [0.15, 0.2) is 4.79 Å². The maximum Gasteiger partial charge on any atom is 0.263 e. The quantitative estimate of drug-likeness (QED) is 0.846. The third kappa shape index (κ3) is 2.20. The van der Waals surface area contributed by atoms with Crippen molar-refractivity contribution in [3.63, 3.8) is 0 Å². The number of rotatable bonds is 4. The number of aromatic amines is 1. The summed E-state index contributed by atoms with van der Waals surface area (Å²) in [7, 11) is 0. The Bertz CT molecular complexity index is 800. The molecular weight excluding hydrogens is 294 g/mol. The van der Waals surface area contributed by atoms with Crippen LogP contribution in [0.2, 0.25) is 0 Å². The van der Waals surface area contributed by atoms with Gasteiger partial charge in [0, 0.05) is 17.8 Å². The standard InChI is InChI=1S/C13H15N3O2S2/c14-9(17)5-2-6-16-12(18)10-7-3-1-4-8(7)20-11(10)15-13(16)19/h1-6H2,(H2,14,17)(H,15,19). The minimum atomic E-state index is -0.356. The third-order valence-corrected chi connectivity index (χ3v) is 5.18. The fourth-order valence-corrected chi connectivity index (χ4v) is 4.35. The van der Waals surface area contributed by atoms with E-state index in [1.165, 1.54) is 10.4 Å². The molecule has 0 atom stereocenters. The van der Waals surface area contributed by atoms with Gasteiger partial charge in [-0.2, -0.15) is 0 Å². The highest BCUT2D eigenvalue weighted by atomic mass is 32.1. The monoisotopic (exact) mass is 309 g/mol. The highest BCUT2D eigenvalue weighted by Crippen LogP contribution is 2.34. The molecule has 1 aliphatic carbocycles. The smallest absolute Gasteiger partial charge is 0.263 e. The number of carbonyl (C=O) groups is 1. The molecule has 3 rings (SSSR count). The van der Waals surface area contributed by atoms with Crippen molar-refractivity contribution in [2.45, 2.75) is 38.6 Å². The summed E-state index contributed by atoms with van der Waals surface area (Å²) in [5, 5.41) is 0.787. The number of nitrogens with zero attached hydrogens (tertiary/aromatic N) is 1. The summed E-state index contributed by atoms with van der Waals surface area (Å²) in [4.78, 5) is 28.7. The fraction of sp³-hybridized carbons (Fsp3) is 0.462. The van der Waals surface area contributed by atoms with Gasteiger partial charge in [0.25, 0.3) is 5.56 Å². The zero-order valence-electron chi connectivity index (χ0n) is 10.9. The Morgan fingerprint density at radius 2 is 2.25 bits per heavy atom. The highest BCUT2D eigenvalue weighted by Gasteiger charge is 2.21. The number of nitrogens with two attached hydrogens (primary N) is 1. The lowest BCUT2D eigenvalue weighted by atomic mass is 10.2. The van der Waals surface area contributed by atoms with E-state index < -0.39 is 0 Å². The van der Waals surface area contributed by atoms with Crippen LogP contribution in [0.1, 0.15) is 29.7 Å². The summed E-state index contributed by atoms with van der Waals surface area (Å²) in [5.41, 5.74) is 6.27. The van der Waals surface area contributed by atoms with Crippen molar-refractivity contribution in [3.05, 3.63) is 25.6 Å². The molecule has 0 spiro atoms. The molecular formula is C13H15N3O2S2. The molecule has 0 aromatic carbocycles. The van der Waals surface area contributed by atoms with Gasteiger partial charge in [0.05, 0.1) is 5.39 Å². The molecule has 106 valence electrons. The van der Waals surface area contributed by atoms with Crippen LogP contribution in [0.4, 0.5) is 0 Å². The second-order valence-corrected chi connectivity index (χ2v) is 6.51. The summed E-state index contributed by atoms with van der Waals surface area (Å²) in [6.07, 6.45) is 3.94.